The van der Waals surface area contributed by atoms with Crippen LogP contribution >= 0.6 is 24.0 Å². The van der Waals surface area contributed by atoms with Crippen molar-refractivity contribution in [1.82, 2.24) is 4.90 Å². The molecule has 0 fully saturated rings. The third-order valence-electron chi connectivity index (χ3n) is 3.34. The lowest BCUT2D eigenvalue weighted by Gasteiger charge is -2.29. The predicted octanol–water partition coefficient (Wildman–Crippen LogP) is 4.05. The Bertz CT molecular complexity index is 542. The van der Waals surface area contributed by atoms with Gasteiger partial charge in [0.1, 0.15) is 0 Å². The highest BCUT2D eigenvalue weighted by atomic mass is 127. The summed E-state index contributed by atoms with van der Waals surface area (Å²) in [6.07, 6.45) is -4.77. The molecule has 0 radical (unpaired) electrons. The summed E-state index contributed by atoms with van der Waals surface area (Å²) in [5.41, 5.74) is 5.87. The van der Waals surface area contributed by atoms with Crippen LogP contribution in [-0.4, -0.2) is 42.4 Å². The molecule has 0 saturated carbocycles. The minimum Gasteiger partial charge on any atom is -0.404 e. The van der Waals surface area contributed by atoms with E-state index in [4.69, 9.17) is 5.73 Å². The molecule has 9 heteroatoms. The van der Waals surface area contributed by atoms with Gasteiger partial charge in [-0.2, -0.15) is 0 Å². The van der Waals surface area contributed by atoms with Crippen molar-refractivity contribution in [3.8, 4) is 5.75 Å². The van der Waals surface area contributed by atoms with E-state index in [0.717, 1.165) is 0 Å². The van der Waals surface area contributed by atoms with Gasteiger partial charge in [0.15, 0.2) is 11.7 Å². The third kappa shape index (κ3) is 9.15. The number of anilines is 1. The molecule has 1 rings (SSSR count). The summed E-state index contributed by atoms with van der Waals surface area (Å²) in [6, 6.07) is 6.42. The average Bonchev–Trinajstić information content (AvgIpc) is 2.43. The Kier molecular flexibility index (Phi) is 10.2. The number of alkyl halides is 3. The minimum atomic E-state index is -4.77. The molecule has 144 valence electrons. The van der Waals surface area contributed by atoms with E-state index in [9.17, 15) is 13.2 Å². The molecule has 1 aromatic rings. The molecule has 5 nitrogen and oxygen atoms in total. The van der Waals surface area contributed by atoms with Gasteiger partial charge in [-0.25, -0.2) is 0 Å². The molecule has 3 N–H and O–H groups in total. The molecule has 0 aromatic heterocycles. The lowest BCUT2D eigenvalue weighted by atomic mass is 10.2. The number of aliphatic imine (C=N–C) groups is 1. The largest absolute Gasteiger partial charge is 0.573 e. The first kappa shape index (κ1) is 23.8. The summed E-state index contributed by atoms with van der Waals surface area (Å²) in [5, 5.41) is 2.65. The summed E-state index contributed by atoms with van der Waals surface area (Å²) in [5.74, 6) is -0.310. The first-order chi connectivity index (χ1) is 11.1. The van der Waals surface area contributed by atoms with E-state index >= 15 is 0 Å². The van der Waals surface area contributed by atoms with Gasteiger partial charge in [0, 0.05) is 18.6 Å². The summed E-state index contributed by atoms with van der Waals surface area (Å²) in [4.78, 5) is 6.41. The second kappa shape index (κ2) is 10.7. The average molecular weight is 474 g/mol. The first-order valence-electron chi connectivity index (χ1n) is 7.77. The number of halogens is 4. The summed E-state index contributed by atoms with van der Waals surface area (Å²) in [7, 11) is 0. The molecule has 0 atom stereocenters. The van der Waals surface area contributed by atoms with Gasteiger partial charge in [0.25, 0.3) is 0 Å². The van der Waals surface area contributed by atoms with Crippen molar-refractivity contribution in [3.05, 3.63) is 24.3 Å². The van der Waals surface area contributed by atoms with Gasteiger partial charge >= 0.3 is 6.36 Å². The fourth-order valence-corrected chi connectivity index (χ4v) is 2.36. The number of guanidine groups is 1. The monoisotopic (exact) mass is 474 g/mol. The maximum absolute atomic E-state index is 12.4. The molecule has 0 aliphatic heterocycles. The van der Waals surface area contributed by atoms with Crippen molar-refractivity contribution in [2.24, 2.45) is 10.7 Å². The topological polar surface area (TPSA) is 62.9 Å². The van der Waals surface area contributed by atoms with Crippen molar-refractivity contribution in [2.75, 3.05) is 18.4 Å². The van der Waals surface area contributed by atoms with Crippen LogP contribution in [0.4, 0.5) is 18.9 Å². The number of rotatable bonds is 7. The molecule has 1 aromatic carbocycles. The summed E-state index contributed by atoms with van der Waals surface area (Å²) in [6.45, 7) is 9.52. The number of benzene rings is 1. The molecule has 0 aliphatic rings. The Hall–Kier alpha value is -1.23. The number of para-hydroxylation sites is 2. The van der Waals surface area contributed by atoms with Crippen LogP contribution in [0.15, 0.2) is 29.3 Å². The molecule has 0 amide bonds. The minimum absolute atomic E-state index is 0. The highest BCUT2D eigenvalue weighted by Crippen LogP contribution is 2.29. The Labute approximate surface area is 163 Å². The van der Waals surface area contributed by atoms with Crippen LogP contribution in [0.5, 0.6) is 5.75 Å². The number of nitrogens with one attached hydrogen (secondary N) is 1. The normalized spacial score (nSPS) is 12.5. The molecule has 0 unspecified atom stereocenters. The Morgan fingerprint density at radius 1 is 1.20 bits per heavy atom. The van der Waals surface area contributed by atoms with Crippen molar-refractivity contribution in [3.63, 3.8) is 0 Å². The molecular formula is C16H26F3IN4O. The van der Waals surface area contributed by atoms with Gasteiger partial charge < -0.3 is 15.8 Å². The number of hydrogen-bond acceptors (Lipinski definition) is 3. The van der Waals surface area contributed by atoms with E-state index in [0.29, 0.717) is 25.2 Å². The standard InChI is InChI=1S/C16H25F3N4O.HI/c1-11(2)23(12(3)4)10-9-21-15(20)22-13-7-5-6-8-14(13)24-16(17,18)19;/h5-8,11-12H,9-10H2,1-4H3,(H3,20,21,22);1H. The number of nitrogens with zero attached hydrogens (tertiary/aromatic N) is 2. The number of ether oxygens (including phenoxy) is 1. The van der Waals surface area contributed by atoms with E-state index in [1.54, 1.807) is 6.07 Å². The Morgan fingerprint density at radius 3 is 2.28 bits per heavy atom. The molecule has 0 saturated heterocycles. The van der Waals surface area contributed by atoms with E-state index in [-0.39, 0.29) is 41.4 Å². The fraction of sp³-hybridized carbons (Fsp3) is 0.562. The van der Waals surface area contributed by atoms with Crippen LogP contribution in [0.25, 0.3) is 0 Å². The molecule has 0 heterocycles. The van der Waals surface area contributed by atoms with Crippen molar-refractivity contribution < 1.29 is 17.9 Å². The SMILES string of the molecule is CC(C)N(CCN=C(N)Nc1ccccc1OC(F)(F)F)C(C)C.I. The van der Waals surface area contributed by atoms with Crippen LogP contribution in [-0.2, 0) is 0 Å². The fourth-order valence-electron chi connectivity index (χ4n) is 2.36. The van der Waals surface area contributed by atoms with E-state index in [1.165, 1.54) is 18.2 Å². The van der Waals surface area contributed by atoms with Crippen LogP contribution in [0.3, 0.4) is 0 Å². The first-order valence-corrected chi connectivity index (χ1v) is 7.77. The highest BCUT2D eigenvalue weighted by Gasteiger charge is 2.32. The highest BCUT2D eigenvalue weighted by molar-refractivity contribution is 14.0. The van der Waals surface area contributed by atoms with Gasteiger partial charge in [-0.15, -0.1) is 37.1 Å². The smallest absolute Gasteiger partial charge is 0.404 e. The zero-order valence-corrected chi connectivity index (χ0v) is 17.1. The van der Waals surface area contributed by atoms with E-state index < -0.39 is 6.36 Å². The lowest BCUT2D eigenvalue weighted by Crippen LogP contribution is -2.39. The quantitative estimate of drug-likeness (QED) is 0.356. The third-order valence-corrected chi connectivity index (χ3v) is 3.34. The van der Waals surface area contributed by atoms with Gasteiger partial charge in [-0.05, 0) is 39.8 Å². The van der Waals surface area contributed by atoms with Crippen molar-refractivity contribution in [2.45, 2.75) is 46.1 Å². The Morgan fingerprint density at radius 2 is 1.76 bits per heavy atom. The number of nitrogens with two attached hydrogens (primary N) is 1. The molecular weight excluding hydrogens is 448 g/mol. The molecule has 0 bridgehead atoms. The van der Waals surface area contributed by atoms with Gasteiger partial charge in [-0.1, -0.05) is 12.1 Å². The second-order valence-electron chi connectivity index (χ2n) is 5.86. The van der Waals surface area contributed by atoms with Gasteiger partial charge in [-0.3, -0.25) is 9.89 Å². The van der Waals surface area contributed by atoms with Crippen LogP contribution < -0.4 is 15.8 Å². The van der Waals surface area contributed by atoms with E-state index in [1.807, 2.05) is 0 Å². The maximum Gasteiger partial charge on any atom is 0.573 e. The van der Waals surface area contributed by atoms with Crippen LogP contribution in [0.2, 0.25) is 0 Å². The van der Waals surface area contributed by atoms with Crippen LogP contribution in [0, 0.1) is 0 Å². The van der Waals surface area contributed by atoms with Gasteiger partial charge in [0.05, 0.1) is 12.2 Å². The zero-order valence-electron chi connectivity index (χ0n) is 14.8. The maximum atomic E-state index is 12.4. The molecule has 0 spiro atoms. The second-order valence-corrected chi connectivity index (χ2v) is 5.86. The lowest BCUT2D eigenvalue weighted by molar-refractivity contribution is -0.274. The van der Waals surface area contributed by atoms with Crippen molar-refractivity contribution >= 4 is 35.6 Å². The van der Waals surface area contributed by atoms with E-state index in [2.05, 4.69) is 47.6 Å². The van der Waals surface area contributed by atoms with Crippen LogP contribution in [0.1, 0.15) is 27.7 Å². The predicted molar refractivity (Wildman–Crippen MR) is 106 cm³/mol. The zero-order chi connectivity index (χ0) is 18.3. The molecule has 25 heavy (non-hydrogen) atoms. The molecule has 0 aliphatic carbocycles. The van der Waals surface area contributed by atoms with Crippen molar-refractivity contribution in [1.29, 1.82) is 0 Å². The van der Waals surface area contributed by atoms with Gasteiger partial charge in [0.2, 0.25) is 0 Å². The Balaban J connectivity index is 0.00000576. The summed E-state index contributed by atoms with van der Waals surface area (Å²) >= 11 is 0. The summed E-state index contributed by atoms with van der Waals surface area (Å²) < 4.78 is 41.1. The number of hydrogen-bond donors (Lipinski definition) is 2.